The molecule has 0 spiro atoms. The van der Waals surface area contributed by atoms with Crippen molar-refractivity contribution >= 4 is 17.3 Å². The number of hydrogen-bond acceptors (Lipinski definition) is 5. The number of aliphatic hydroxyl groups is 1. The number of carbonyl (C=O) groups excluding carboxylic acids is 1. The molecule has 0 fully saturated rings. The summed E-state index contributed by atoms with van der Waals surface area (Å²) in [6.45, 7) is 5.87. The van der Waals surface area contributed by atoms with E-state index in [1.54, 1.807) is 43.2 Å². The van der Waals surface area contributed by atoms with Crippen LogP contribution < -0.4 is 10.3 Å². The number of nitrogens with one attached hydrogen (secondary N) is 1. The molecule has 1 aliphatic heterocycles. The average molecular weight is 528 g/mol. The molecule has 2 N–H and O–H groups in total. The molecule has 0 bridgehead atoms. The Morgan fingerprint density at radius 3 is 2.42 bits per heavy atom. The van der Waals surface area contributed by atoms with Gasteiger partial charge >= 0.3 is 0 Å². The normalized spacial score (nSPS) is 19.5. The van der Waals surface area contributed by atoms with Crippen LogP contribution in [0.3, 0.4) is 0 Å². The zero-order valence-corrected chi connectivity index (χ0v) is 21.9. The summed E-state index contributed by atoms with van der Waals surface area (Å²) in [4.78, 5) is 14.0. The van der Waals surface area contributed by atoms with E-state index in [2.05, 4.69) is 10.4 Å². The third-order valence-corrected chi connectivity index (χ3v) is 7.02. The number of benzene rings is 2. The molecule has 2 aromatic carbocycles. The number of rotatable bonds is 9. The molecule has 202 valence electrons. The number of anilines is 1. The second-order valence-corrected chi connectivity index (χ2v) is 10.6. The van der Waals surface area contributed by atoms with Crippen LogP contribution in [-0.4, -0.2) is 45.2 Å². The largest absolute Gasteiger partial charge is 0.396 e. The molecular formula is C28H32F3N5O2. The van der Waals surface area contributed by atoms with Gasteiger partial charge in [-0.1, -0.05) is 26.0 Å². The van der Waals surface area contributed by atoms with Crippen LogP contribution in [0.15, 0.2) is 60.0 Å². The van der Waals surface area contributed by atoms with E-state index >= 15 is 4.39 Å². The molecule has 0 radical (unpaired) electrons. The molecule has 1 aliphatic rings. The average Bonchev–Trinajstić information content (AvgIpc) is 3.43. The van der Waals surface area contributed by atoms with E-state index in [4.69, 9.17) is 5.10 Å². The van der Waals surface area contributed by atoms with Crippen molar-refractivity contribution in [3.63, 3.8) is 0 Å². The number of hydrogen-bond donors (Lipinski definition) is 2. The third kappa shape index (κ3) is 5.31. The maximum absolute atomic E-state index is 15.1. The summed E-state index contributed by atoms with van der Waals surface area (Å²) >= 11 is 0. The minimum atomic E-state index is -1.49. The summed E-state index contributed by atoms with van der Waals surface area (Å²) in [7, 11) is 1.74. The summed E-state index contributed by atoms with van der Waals surface area (Å²) in [5.41, 5.74) is -0.230. The van der Waals surface area contributed by atoms with Crippen molar-refractivity contribution in [3.8, 4) is 0 Å². The predicted molar refractivity (Wildman–Crippen MR) is 139 cm³/mol. The summed E-state index contributed by atoms with van der Waals surface area (Å²) in [5.74, 6) is -3.20. The van der Waals surface area contributed by atoms with Gasteiger partial charge in [-0.2, -0.15) is 10.2 Å². The third-order valence-electron chi connectivity index (χ3n) is 7.02. The van der Waals surface area contributed by atoms with E-state index in [0.29, 0.717) is 36.2 Å². The van der Waals surface area contributed by atoms with Crippen molar-refractivity contribution < 1.29 is 23.1 Å². The van der Waals surface area contributed by atoms with Gasteiger partial charge in [0.2, 0.25) is 5.91 Å². The lowest BCUT2D eigenvalue weighted by molar-refractivity contribution is -0.126. The molecule has 4 rings (SSSR count). The van der Waals surface area contributed by atoms with Gasteiger partial charge in [-0.05, 0) is 55.0 Å². The fraction of sp³-hybridized carbons (Fsp3) is 0.393. The number of aromatic nitrogens is 2. The van der Waals surface area contributed by atoms with E-state index in [1.165, 1.54) is 23.2 Å². The van der Waals surface area contributed by atoms with E-state index in [1.807, 2.05) is 13.8 Å². The molecule has 1 aromatic heterocycles. The van der Waals surface area contributed by atoms with Crippen LogP contribution in [0.5, 0.6) is 0 Å². The van der Waals surface area contributed by atoms with Gasteiger partial charge in [-0.3, -0.25) is 9.48 Å². The Balaban J connectivity index is 1.80. The van der Waals surface area contributed by atoms with Gasteiger partial charge in [-0.25, -0.2) is 18.2 Å². The number of nitrogens with zero attached hydrogens (tertiary/aromatic N) is 4. The fourth-order valence-corrected chi connectivity index (χ4v) is 4.79. The Labute approximate surface area is 220 Å². The van der Waals surface area contributed by atoms with Crippen molar-refractivity contribution in [1.82, 2.24) is 15.1 Å². The van der Waals surface area contributed by atoms with Crippen LogP contribution in [0, 0.1) is 22.9 Å². The lowest BCUT2D eigenvalue weighted by Gasteiger charge is -2.37. The highest BCUT2D eigenvalue weighted by atomic mass is 19.1. The van der Waals surface area contributed by atoms with Crippen LogP contribution in [0.2, 0.25) is 0 Å². The first-order valence-electron chi connectivity index (χ1n) is 12.4. The molecular weight excluding hydrogens is 495 g/mol. The summed E-state index contributed by atoms with van der Waals surface area (Å²) in [6, 6.07) is 8.79. The molecule has 0 saturated heterocycles. The second-order valence-electron chi connectivity index (χ2n) is 10.6. The van der Waals surface area contributed by atoms with Gasteiger partial charge < -0.3 is 10.4 Å². The van der Waals surface area contributed by atoms with Gasteiger partial charge in [0.25, 0.3) is 0 Å². The number of hydrazone groups is 1. The smallest absolute Gasteiger partial charge is 0.248 e. The van der Waals surface area contributed by atoms with Gasteiger partial charge in [-0.15, -0.1) is 0 Å². The summed E-state index contributed by atoms with van der Waals surface area (Å²) in [6.07, 6.45) is 4.66. The summed E-state index contributed by atoms with van der Waals surface area (Å²) in [5, 5.41) is 22.8. The maximum atomic E-state index is 15.1. The first-order chi connectivity index (χ1) is 18.0. The first kappa shape index (κ1) is 27.4. The Bertz CT molecular complexity index is 1340. The molecule has 3 aromatic rings. The van der Waals surface area contributed by atoms with Gasteiger partial charge in [0, 0.05) is 38.0 Å². The molecule has 10 heteroatoms. The summed E-state index contributed by atoms with van der Waals surface area (Å²) < 4.78 is 44.3. The van der Waals surface area contributed by atoms with E-state index < -0.39 is 34.8 Å². The highest BCUT2D eigenvalue weighted by molar-refractivity contribution is 6.13. The fourth-order valence-electron chi connectivity index (χ4n) is 4.79. The zero-order chi connectivity index (χ0) is 27.7. The van der Waals surface area contributed by atoms with Crippen molar-refractivity contribution in [2.75, 3.05) is 18.2 Å². The topological polar surface area (TPSA) is 82.8 Å². The van der Waals surface area contributed by atoms with Crippen LogP contribution in [0.25, 0.3) is 0 Å². The number of carbonyl (C=O) groups is 1. The quantitative estimate of drug-likeness (QED) is 0.401. The molecule has 0 saturated carbocycles. The van der Waals surface area contributed by atoms with Gasteiger partial charge in [0.1, 0.15) is 11.6 Å². The first-order valence-corrected chi connectivity index (χ1v) is 12.4. The van der Waals surface area contributed by atoms with Crippen molar-refractivity contribution in [1.29, 1.82) is 0 Å². The number of amides is 1. The van der Waals surface area contributed by atoms with Gasteiger partial charge in [0.05, 0.1) is 23.5 Å². The predicted octanol–water partition coefficient (Wildman–Crippen LogP) is 4.52. The van der Waals surface area contributed by atoms with Crippen LogP contribution >= 0.6 is 0 Å². The highest BCUT2D eigenvalue weighted by Crippen LogP contribution is 2.45. The monoisotopic (exact) mass is 527 g/mol. The Morgan fingerprint density at radius 1 is 1.13 bits per heavy atom. The lowest BCUT2D eigenvalue weighted by Crippen LogP contribution is -2.57. The lowest BCUT2D eigenvalue weighted by atomic mass is 9.76. The Morgan fingerprint density at radius 2 is 1.82 bits per heavy atom. The Kier molecular flexibility index (Phi) is 7.64. The second kappa shape index (κ2) is 10.6. The van der Waals surface area contributed by atoms with Crippen LogP contribution in [-0.2, 0) is 11.8 Å². The van der Waals surface area contributed by atoms with Crippen molar-refractivity contribution in [3.05, 3.63) is 83.4 Å². The number of aryl methyl sites for hydroxylation is 1. The number of halogens is 3. The van der Waals surface area contributed by atoms with Crippen molar-refractivity contribution in [2.45, 2.75) is 45.1 Å². The van der Waals surface area contributed by atoms with E-state index in [0.717, 1.165) is 12.1 Å². The molecule has 0 aliphatic carbocycles. The van der Waals surface area contributed by atoms with E-state index in [9.17, 15) is 18.7 Å². The van der Waals surface area contributed by atoms with Crippen molar-refractivity contribution in [2.24, 2.45) is 17.6 Å². The Hall–Kier alpha value is -3.66. The zero-order valence-electron chi connectivity index (χ0n) is 21.9. The van der Waals surface area contributed by atoms with E-state index in [-0.39, 0.29) is 17.7 Å². The molecule has 2 heterocycles. The SMILES string of the molecule is Cn1cc(C2C(c3ccc(F)cc3)=NN(c3ccc(F)cc3F)C2(C)C(=O)NCCCC(C)(C)CO)cn1. The molecule has 7 nitrogen and oxygen atoms in total. The van der Waals surface area contributed by atoms with Crippen LogP contribution in [0.4, 0.5) is 18.9 Å². The van der Waals surface area contributed by atoms with Gasteiger partial charge in [0.15, 0.2) is 11.4 Å². The van der Waals surface area contributed by atoms with Crippen LogP contribution in [0.1, 0.15) is 50.7 Å². The standard InChI is InChI=1S/C28H32F3N5O2/c1-27(2,17-37)12-5-13-32-26(38)28(3)24(19-15-33-35(4)16-19)25(18-6-8-20(29)9-7-18)34-36(28)23-11-10-21(30)14-22(23)31/h6-11,14-16,24,37H,5,12-13,17H2,1-4H3,(H,32,38). The molecule has 1 amide bonds. The number of aliphatic hydroxyl groups excluding tert-OH is 1. The molecule has 2 atom stereocenters. The minimum Gasteiger partial charge on any atom is -0.396 e. The molecule has 38 heavy (non-hydrogen) atoms. The highest BCUT2D eigenvalue weighted by Gasteiger charge is 2.55. The minimum absolute atomic E-state index is 0.0221. The molecule has 2 unspecified atom stereocenters. The maximum Gasteiger partial charge on any atom is 0.248 e.